The molecule has 1 aromatic heterocycles. The molecule has 2 N–H and O–H groups in total. The molecule has 1 fully saturated rings. The molecule has 2 aliphatic heterocycles. The van der Waals surface area contributed by atoms with E-state index in [1.165, 1.54) is 0 Å². The lowest BCUT2D eigenvalue weighted by Gasteiger charge is -2.30. The Labute approximate surface area is 178 Å². The van der Waals surface area contributed by atoms with E-state index in [4.69, 9.17) is 9.72 Å². The number of carbonyl (C=O) groups excluding carboxylic acids is 1. The van der Waals surface area contributed by atoms with Gasteiger partial charge in [-0.3, -0.25) is 14.6 Å². The van der Waals surface area contributed by atoms with Crippen molar-refractivity contribution in [1.29, 1.82) is 0 Å². The molecule has 1 aliphatic carbocycles. The summed E-state index contributed by atoms with van der Waals surface area (Å²) in [6.45, 7) is 2.52. The van der Waals surface area contributed by atoms with Crippen LogP contribution in [0.5, 0.6) is 0 Å². The van der Waals surface area contributed by atoms with Crippen molar-refractivity contribution in [3.63, 3.8) is 0 Å². The number of aromatic amines is 1. The largest absolute Gasteiger partial charge is 0.378 e. The highest BCUT2D eigenvalue weighted by molar-refractivity contribution is 6.23. The summed E-state index contributed by atoms with van der Waals surface area (Å²) in [4.78, 5) is 36.5. The van der Waals surface area contributed by atoms with Crippen molar-refractivity contribution in [3.8, 4) is 0 Å². The Bertz CT molecular complexity index is 1290. The van der Waals surface area contributed by atoms with E-state index < -0.39 is 5.92 Å². The molecule has 3 heterocycles. The van der Waals surface area contributed by atoms with Gasteiger partial charge in [0.2, 0.25) is 5.95 Å². The van der Waals surface area contributed by atoms with E-state index >= 15 is 0 Å². The molecule has 0 spiro atoms. The fourth-order valence-corrected chi connectivity index (χ4v) is 4.71. The molecule has 0 radical (unpaired) electrons. The van der Waals surface area contributed by atoms with Gasteiger partial charge < -0.3 is 15.0 Å². The van der Waals surface area contributed by atoms with Gasteiger partial charge in [-0.2, -0.15) is 4.98 Å². The second kappa shape index (κ2) is 6.92. The number of allylic oxidation sites excluding steroid dienone is 1. The summed E-state index contributed by atoms with van der Waals surface area (Å²) in [5.74, 6) is 0.493. The second-order valence-electron chi connectivity index (χ2n) is 7.88. The van der Waals surface area contributed by atoms with Crippen molar-refractivity contribution in [3.05, 3.63) is 92.8 Å². The smallest absolute Gasteiger partial charge is 0.258 e. The lowest BCUT2D eigenvalue weighted by molar-refractivity contribution is 0.103. The first-order valence-electron chi connectivity index (χ1n) is 10.4. The number of carbonyl (C=O) groups is 1. The Morgan fingerprint density at radius 2 is 1.65 bits per heavy atom. The van der Waals surface area contributed by atoms with Crippen LogP contribution in [0.2, 0.25) is 0 Å². The van der Waals surface area contributed by atoms with Crippen molar-refractivity contribution < 1.29 is 9.53 Å². The van der Waals surface area contributed by atoms with Gasteiger partial charge in [0.1, 0.15) is 5.82 Å². The number of ketones is 1. The predicted octanol–water partition coefficient (Wildman–Crippen LogP) is 2.77. The minimum Gasteiger partial charge on any atom is -0.378 e. The van der Waals surface area contributed by atoms with E-state index in [1.807, 2.05) is 59.5 Å². The average molecular weight is 412 g/mol. The SMILES string of the molecule is O=C1C2=C(Nc3nc(N4CCOCC4)[nH]c(=O)c3C2c2ccccc2)c2ccccc21. The number of morpholine rings is 1. The quantitative estimate of drug-likeness (QED) is 0.673. The molecule has 154 valence electrons. The maximum atomic E-state index is 13.4. The number of anilines is 2. The molecule has 1 unspecified atom stereocenters. The second-order valence-corrected chi connectivity index (χ2v) is 7.88. The first kappa shape index (κ1) is 18.1. The number of rotatable bonds is 2. The maximum Gasteiger partial charge on any atom is 0.258 e. The van der Waals surface area contributed by atoms with Gasteiger partial charge >= 0.3 is 0 Å². The van der Waals surface area contributed by atoms with Crippen LogP contribution in [-0.4, -0.2) is 42.1 Å². The highest BCUT2D eigenvalue weighted by Gasteiger charge is 2.42. The molecule has 31 heavy (non-hydrogen) atoms. The van der Waals surface area contributed by atoms with E-state index in [-0.39, 0.29) is 11.3 Å². The van der Waals surface area contributed by atoms with Crippen LogP contribution in [0.15, 0.2) is 65.0 Å². The lowest BCUT2D eigenvalue weighted by Crippen LogP contribution is -2.39. The standard InChI is InChI=1S/C24H20N4O3/c29-21-16-9-5-4-8-15(16)20-18(21)17(14-6-2-1-3-7-14)19-22(25-20)26-24(27-23(19)30)28-10-12-31-13-11-28/h1-9,17H,10-13H2,(H2,25,26,27,30). The van der Waals surface area contributed by atoms with Gasteiger partial charge in [-0.05, 0) is 5.56 Å². The van der Waals surface area contributed by atoms with Gasteiger partial charge in [0.05, 0.1) is 24.5 Å². The zero-order valence-electron chi connectivity index (χ0n) is 16.7. The van der Waals surface area contributed by atoms with Crippen LogP contribution < -0.4 is 15.8 Å². The van der Waals surface area contributed by atoms with Crippen LogP contribution in [0, 0.1) is 0 Å². The Hall–Kier alpha value is -3.71. The molecule has 7 heteroatoms. The van der Waals surface area contributed by atoms with Gasteiger partial charge in [-0.15, -0.1) is 0 Å². The third-order valence-electron chi connectivity index (χ3n) is 6.16. The van der Waals surface area contributed by atoms with Gasteiger partial charge in [-0.1, -0.05) is 54.6 Å². The first-order chi connectivity index (χ1) is 15.2. The lowest BCUT2D eigenvalue weighted by atomic mass is 9.82. The summed E-state index contributed by atoms with van der Waals surface area (Å²) < 4.78 is 5.42. The van der Waals surface area contributed by atoms with Gasteiger partial charge in [0.15, 0.2) is 5.78 Å². The van der Waals surface area contributed by atoms with Crippen LogP contribution in [0.25, 0.3) is 5.70 Å². The molecule has 3 aromatic rings. The highest BCUT2D eigenvalue weighted by atomic mass is 16.5. The van der Waals surface area contributed by atoms with Crippen LogP contribution in [0.3, 0.4) is 0 Å². The summed E-state index contributed by atoms with van der Waals surface area (Å²) in [7, 11) is 0. The van der Waals surface area contributed by atoms with Crippen molar-refractivity contribution in [2.24, 2.45) is 0 Å². The number of Topliss-reactive ketones (excluding diaryl/α,β-unsaturated/α-hetero) is 1. The number of benzene rings is 2. The molecule has 7 nitrogen and oxygen atoms in total. The summed E-state index contributed by atoms with van der Waals surface area (Å²) in [5, 5.41) is 3.34. The first-order valence-corrected chi connectivity index (χ1v) is 10.4. The number of hydrogen-bond donors (Lipinski definition) is 2. The molecule has 0 bridgehead atoms. The monoisotopic (exact) mass is 412 g/mol. The predicted molar refractivity (Wildman–Crippen MR) is 117 cm³/mol. The van der Waals surface area contributed by atoms with Crippen LogP contribution >= 0.6 is 0 Å². The number of fused-ring (bicyclic) bond motifs is 3. The number of hydrogen-bond acceptors (Lipinski definition) is 6. The molecular weight excluding hydrogens is 392 g/mol. The Morgan fingerprint density at radius 3 is 2.42 bits per heavy atom. The average Bonchev–Trinajstić information content (AvgIpc) is 3.11. The van der Waals surface area contributed by atoms with Gasteiger partial charge in [-0.25, -0.2) is 0 Å². The van der Waals surface area contributed by atoms with Crippen LogP contribution in [-0.2, 0) is 4.74 Å². The molecule has 3 aliphatic rings. The normalized spacial score (nSPS) is 19.5. The van der Waals surface area contributed by atoms with Crippen LogP contribution in [0.1, 0.15) is 33.0 Å². The van der Waals surface area contributed by atoms with Gasteiger partial charge in [0.25, 0.3) is 5.56 Å². The maximum absolute atomic E-state index is 13.4. The van der Waals surface area contributed by atoms with Crippen molar-refractivity contribution in [1.82, 2.24) is 9.97 Å². The summed E-state index contributed by atoms with van der Waals surface area (Å²) in [5.41, 5.74) is 3.98. The number of nitrogens with one attached hydrogen (secondary N) is 2. The topological polar surface area (TPSA) is 87.3 Å². The van der Waals surface area contributed by atoms with E-state index in [0.717, 1.165) is 16.8 Å². The number of nitrogens with zero attached hydrogens (tertiary/aromatic N) is 2. The summed E-state index contributed by atoms with van der Waals surface area (Å²) >= 11 is 0. The molecule has 6 rings (SSSR count). The highest BCUT2D eigenvalue weighted by Crippen LogP contribution is 2.47. The molecule has 0 amide bonds. The number of H-pyrrole nitrogens is 1. The van der Waals surface area contributed by atoms with Crippen molar-refractivity contribution >= 4 is 23.2 Å². The van der Waals surface area contributed by atoms with Crippen molar-refractivity contribution in [2.45, 2.75) is 5.92 Å². The molecule has 1 saturated heterocycles. The molecule has 0 saturated carbocycles. The molecular formula is C24H20N4O3. The third-order valence-corrected chi connectivity index (χ3v) is 6.16. The zero-order chi connectivity index (χ0) is 20.9. The van der Waals surface area contributed by atoms with E-state index in [1.54, 1.807) is 0 Å². The van der Waals surface area contributed by atoms with Crippen molar-refractivity contribution in [2.75, 3.05) is 36.5 Å². The minimum atomic E-state index is -0.484. The number of aromatic nitrogens is 2. The fourth-order valence-electron chi connectivity index (χ4n) is 4.71. The van der Waals surface area contributed by atoms with E-state index in [0.29, 0.717) is 54.8 Å². The Balaban J connectivity index is 1.57. The Morgan fingerprint density at radius 1 is 0.935 bits per heavy atom. The zero-order valence-corrected chi connectivity index (χ0v) is 16.7. The fraction of sp³-hybridized carbons (Fsp3) is 0.208. The molecule has 2 aromatic carbocycles. The minimum absolute atomic E-state index is 0.0470. The summed E-state index contributed by atoms with van der Waals surface area (Å²) in [6.07, 6.45) is 0. The van der Waals surface area contributed by atoms with Gasteiger partial charge in [0, 0.05) is 35.7 Å². The van der Waals surface area contributed by atoms with E-state index in [9.17, 15) is 9.59 Å². The molecule has 1 atom stereocenters. The van der Waals surface area contributed by atoms with Crippen LogP contribution in [0.4, 0.5) is 11.8 Å². The Kier molecular flexibility index (Phi) is 4.04. The summed E-state index contributed by atoms with van der Waals surface area (Å²) in [6, 6.07) is 17.2. The third kappa shape index (κ3) is 2.74. The van der Waals surface area contributed by atoms with E-state index in [2.05, 4.69) is 10.3 Å². The number of ether oxygens (including phenoxy) is 1.